The van der Waals surface area contributed by atoms with Crippen LogP contribution in [-0.4, -0.2) is 16.7 Å². The third-order valence-corrected chi connectivity index (χ3v) is 4.48. The number of hydrogen-bond acceptors (Lipinski definition) is 1. The van der Waals surface area contributed by atoms with Gasteiger partial charge in [-0.3, -0.25) is 0 Å². The van der Waals surface area contributed by atoms with Crippen LogP contribution in [0.15, 0.2) is 0 Å². The van der Waals surface area contributed by atoms with E-state index in [9.17, 15) is 0 Å². The summed E-state index contributed by atoms with van der Waals surface area (Å²) in [5, 5.41) is 7.83. The standard InChI is InChI=1S/C16H32N2S/c1-7-12-9-11(3)10-13(8-2)14(12)17-15(19)18-16(4,5)6/h11-14H,7-10H2,1-6H3,(H2,17,18,19). The maximum atomic E-state index is 5.49. The molecule has 3 heteroatoms. The van der Waals surface area contributed by atoms with Gasteiger partial charge in [-0.15, -0.1) is 0 Å². The lowest BCUT2D eigenvalue weighted by Crippen LogP contribution is -2.54. The SMILES string of the molecule is CCC1CC(C)CC(CC)C1NC(=S)NC(C)(C)C. The first kappa shape index (κ1) is 16.7. The molecule has 1 aliphatic carbocycles. The minimum absolute atomic E-state index is 0.0372. The van der Waals surface area contributed by atoms with Gasteiger partial charge in [-0.1, -0.05) is 33.6 Å². The zero-order valence-electron chi connectivity index (χ0n) is 13.5. The quantitative estimate of drug-likeness (QED) is 0.763. The normalized spacial score (nSPS) is 31.9. The smallest absolute Gasteiger partial charge is 0.166 e. The van der Waals surface area contributed by atoms with Crippen LogP contribution in [0.5, 0.6) is 0 Å². The molecule has 0 radical (unpaired) electrons. The highest BCUT2D eigenvalue weighted by Gasteiger charge is 2.35. The average molecular weight is 285 g/mol. The molecule has 0 spiro atoms. The molecular formula is C16H32N2S. The number of nitrogens with one attached hydrogen (secondary N) is 2. The Morgan fingerprint density at radius 1 is 1.11 bits per heavy atom. The fourth-order valence-electron chi connectivity index (χ4n) is 3.41. The predicted octanol–water partition coefficient (Wildman–Crippen LogP) is 4.10. The summed E-state index contributed by atoms with van der Waals surface area (Å²) in [5.41, 5.74) is 0.0372. The highest BCUT2D eigenvalue weighted by molar-refractivity contribution is 7.80. The summed E-state index contributed by atoms with van der Waals surface area (Å²) < 4.78 is 0. The van der Waals surface area contributed by atoms with E-state index in [-0.39, 0.29) is 5.54 Å². The molecule has 0 aromatic carbocycles. The van der Waals surface area contributed by atoms with E-state index in [2.05, 4.69) is 52.2 Å². The van der Waals surface area contributed by atoms with Gasteiger partial charge in [0.25, 0.3) is 0 Å². The fourth-order valence-corrected chi connectivity index (χ4v) is 3.86. The summed E-state index contributed by atoms with van der Waals surface area (Å²) in [5.74, 6) is 2.37. The van der Waals surface area contributed by atoms with E-state index in [1.165, 1.54) is 25.7 Å². The van der Waals surface area contributed by atoms with Crippen LogP contribution in [0, 0.1) is 17.8 Å². The van der Waals surface area contributed by atoms with Crippen LogP contribution in [0.3, 0.4) is 0 Å². The molecule has 0 saturated heterocycles. The van der Waals surface area contributed by atoms with Gasteiger partial charge in [0.15, 0.2) is 5.11 Å². The van der Waals surface area contributed by atoms with Gasteiger partial charge in [-0.2, -0.15) is 0 Å². The molecule has 1 fully saturated rings. The lowest BCUT2D eigenvalue weighted by atomic mass is 9.70. The Kier molecular flexibility index (Phi) is 6.10. The number of thiocarbonyl (C=S) groups is 1. The third kappa shape index (κ3) is 5.29. The van der Waals surface area contributed by atoms with Gasteiger partial charge < -0.3 is 10.6 Å². The van der Waals surface area contributed by atoms with Crippen molar-refractivity contribution in [3.05, 3.63) is 0 Å². The third-order valence-electron chi connectivity index (χ3n) is 4.26. The summed E-state index contributed by atoms with van der Waals surface area (Å²) >= 11 is 5.49. The summed E-state index contributed by atoms with van der Waals surface area (Å²) in [7, 11) is 0. The minimum atomic E-state index is 0.0372. The predicted molar refractivity (Wildman–Crippen MR) is 88.4 cm³/mol. The summed E-state index contributed by atoms with van der Waals surface area (Å²) in [6.07, 6.45) is 5.17. The van der Waals surface area contributed by atoms with Crippen LogP contribution >= 0.6 is 12.2 Å². The van der Waals surface area contributed by atoms with Gasteiger partial charge in [0, 0.05) is 11.6 Å². The zero-order valence-corrected chi connectivity index (χ0v) is 14.4. The Morgan fingerprint density at radius 2 is 1.58 bits per heavy atom. The van der Waals surface area contributed by atoms with Crippen LogP contribution in [0.4, 0.5) is 0 Å². The fraction of sp³-hybridized carbons (Fsp3) is 0.938. The second-order valence-corrected chi connectivity index (χ2v) is 7.70. The summed E-state index contributed by atoms with van der Waals surface area (Å²) in [6.45, 7) is 13.5. The van der Waals surface area contributed by atoms with Crippen LogP contribution in [0.2, 0.25) is 0 Å². The molecule has 1 saturated carbocycles. The van der Waals surface area contributed by atoms with Gasteiger partial charge in [-0.25, -0.2) is 0 Å². The van der Waals surface area contributed by atoms with Crippen LogP contribution in [0.1, 0.15) is 67.2 Å². The first-order chi connectivity index (χ1) is 8.76. The second kappa shape index (κ2) is 6.92. The number of rotatable bonds is 3. The Hall–Kier alpha value is -0.310. The molecule has 2 N–H and O–H groups in total. The van der Waals surface area contributed by atoms with Crippen molar-refractivity contribution >= 4 is 17.3 Å². The Balaban J connectivity index is 2.68. The molecule has 112 valence electrons. The molecular weight excluding hydrogens is 252 g/mol. The Morgan fingerprint density at radius 3 is 1.95 bits per heavy atom. The van der Waals surface area contributed by atoms with Crippen LogP contribution < -0.4 is 10.6 Å². The zero-order chi connectivity index (χ0) is 14.6. The highest BCUT2D eigenvalue weighted by atomic mass is 32.1. The topological polar surface area (TPSA) is 24.1 Å². The van der Waals surface area contributed by atoms with Crippen molar-refractivity contribution in [3.63, 3.8) is 0 Å². The van der Waals surface area contributed by atoms with Crippen LogP contribution in [0.25, 0.3) is 0 Å². The van der Waals surface area contributed by atoms with Gasteiger partial charge in [0.1, 0.15) is 0 Å². The van der Waals surface area contributed by atoms with Crippen molar-refractivity contribution < 1.29 is 0 Å². The average Bonchev–Trinajstić information content (AvgIpc) is 2.28. The Bertz CT molecular complexity index is 282. The summed E-state index contributed by atoms with van der Waals surface area (Å²) in [4.78, 5) is 0. The van der Waals surface area contributed by atoms with Crippen molar-refractivity contribution in [1.82, 2.24) is 10.6 Å². The van der Waals surface area contributed by atoms with E-state index in [0.29, 0.717) is 6.04 Å². The van der Waals surface area contributed by atoms with Gasteiger partial charge >= 0.3 is 0 Å². The van der Waals surface area contributed by atoms with Gasteiger partial charge in [0.2, 0.25) is 0 Å². The largest absolute Gasteiger partial charge is 0.359 e. The first-order valence-corrected chi connectivity index (χ1v) is 8.26. The maximum absolute atomic E-state index is 5.49. The Labute approximate surface area is 125 Å². The molecule has 0 amide bonds. The van der Waals surface area contributed by atoms with E-state index < -0.39 is 0 Å². The van der Waals surface area contributed by atoms with Crippen LogP contribution in [-0.2, 0) is 0 Å². The molecule has 2 nitrogen and oxygen atoms in total. The monoisotopic (exact) mass is 284 g/mol. The summed E-state index contributed by atoms with van der Waals surface area (Å²) in [6, 6.07) is 0.550. The molecule has 0 aliphatic heterocycles. The molecule has 2 atom stereocenters. The maximum Gasteiger partial charge on any atom is 0.166 e. The van der Waals surface area contributed by atoms with E-state index in [1.807, 2.05) is 0 Å². The van der Waals surface area contributed by atoms with Crippen molar-refractivity contribution in [2.24, 2.45) is 17.8 Å². The second-order valence-electron chi connectivity index (χ2n) is 7.29. The van der Waals surface area contributed by atoms with Crippen molar-refractivity contribution in [2.45, 2.75) is 78.8 Å². The number of hydrogen-bond donors (Lipinski definition) is 2. The van der Waals surface area contributed by atoms with E-state index in [0.717, 1.165) is 22.9 Å². The van der Waals surface area contributed by atoms with Crippen molar-refractivity contribution in [3.8, 4) is 0 Å². The molecule has 0 heterocycles. The van der Waals surface area contributed by atoms with E-state index >= 15 is 0 Å². The molecule has 1 aliphatic rings. The molecule has 0 bridgehead atoms. The minimum Gasteiger partial charge on any atom is -0.359 e. The van der Waals surface area contributed by atoms with Gasteiger partial charge in [0.05, 0.1) is 0 Å². The van der Waals surface area contributed by atoms with E-state index in [4.69, 9.17) is 12.2 Å². The van der Waals surface area contributed by atoms with E-state index in [1.54, 1.807) is 0 Å². The molecule has 0 aromatic heterocycles. The lowest BCUT2D eigenvalue weighted by Gasteiger charge is -2.42. The molecule has 1 rings (SSSR count). The highest BCUT2D eigenvalue weighted by Crippen LogP contribution is 2.36. The van der Waals surface area contributed by atoms with Gasteiger partial charge in [-0.05, 0) is 63.6 Å². The first-order valence-electron chi connectivity index (χ1n) is 7.85. The van der Waals surface area contributed by atoms with Crippen molar-refractivity contribution in [2.75, 3.05) is 0 Å². The molecule has 2 unspecified atom stereocenters. The molecule has 0 aromatic rings. The molecule has 19 heavy (non-hydrogen) atoms. The lowest BCUT2D eigenvalue weighted by molar-refractivity contribution is 0.148. The van der Waals surface area contributed by atoms with Crippen molar-refractivity contribution in [1.29, 1.82) is 0 Å².